The second-order valence-corrected chi connectivity index (χ2v) is 9.48. The van der Waals surface area contributed by atoms with Gasteiger partial charge in [0.25, 0.3) is 5.56 Å². The van der Waals surface area contributed by atoms with Gasteiger partial charge >= 0.3 is 5.97 Å². The summed E-state index contributed by atoms with van der Waals surface area (Å²) in [4.78, 5) is 31.7. The summed E-state index contributed by atoms with van der Waals surface area (Å²) in [5.74, 6) is 0.499. The van der Waals surface area contributed by atoms with Gasteiger partial charge in [-0.25, -0.2) is 9.79 Å². The van der Waals surface area contributed by atoms with Crippen molar-refractivity contribution in [3.8, 4) is 17.2 Å². The van der Waals surface area contributed by atoms with Crippen molar-refractivity contribution in [2.45, 2.75) is 39.8 Å². The van der Waals surface area contributed by atoms with E-state index >= 15 is 0 Å². The predicted molar refractivity (Wildman–Crippen MR) is 137 cm³/mol. The van der Waals surface area contributed by atoms with Crippen molar-refractivity contribution in [1.29, 1.82) is 0 Å². The third kappa shape index (κ3) is 4.92. The molecule has 0 fully saturated rings. The van der Waals surface area contributed by atoms with E-state index in [0.717, 1.165) is 5.56 Å². The standard InChI is InChI=1S/C27H28N2O6S/c1-6-34-26(32)23-16(4)28-27-29(24(23)18-8-10-19(11-9-18)35-15(2)3)25(31)22(36-27)14-17-7-12-20(30)21(13-17)33-5/h7-15,24,30H,6H2,1-5H3/b22-14+/t24-/m1/s1. The number of hydrogen-bond acceptors (Lipinski definition) is 8. The average molecular weight is 509 g/mol. The SMILES string of the molecule is CCOC(=O)C1=C(C)N=c2s/c(=C/c3ccc(O)c(OC)c3)c(=O)n2[C@@H]1c1ccc(OC(C)C)cc1. The Hall–Kier alpha value is -3.85. The number of ether oxygens (including phenoxy) is 3. The molecule has 36 heavy (non-hydrogen) atoms. The zero-order chi connectivity index (χ0) is 26.0. The molecule has 2 aromatic carbocycles. The van der Waals surface area contributed by atoms with Crippen molar-refractivity contribution in [2.24, 2.45) is 4.99 Å². The number of hydrogen-bond donors (Lipinski definition) is 1. The minimum Gasteiger partial charge on any atom is -0.504 e. The van der Waals surface area contributed by atoms with E-state index in [-0.39, 0.29) is 24.0 Å². The van der Waals surface area contributed by atoms with Gasteiger partial charge in [0.15, 0.2) is 16.3 Å². The van der Waals surface area contributed by atoms with Crippen molar-refractivity contribution in [1.82, 2.24) is 4.57 Å². The normalized spacial score (nSPS) is 15.5. The van der Waals surface area contributed by atoms with Crippen molar-refractivity contribution in [3.63, 3.8) is 0 Å². The van der Waals surface area contributed by atoms with Gasteiger partial charge in [-0.3, -0.25) is 9.36 Å². The smallest absolute Gasteiger partial charge is 0.338 e. The first-order chi connectivity index (χ1) is 17.2. The van der Waals surface area contributed by atoms with Crippen LogP contribution >= 0.6 is 11.3 Å². The number of carbonyl (C=O) groups excluding carboxylic acids is 1. The summed E-state index contributed by atoms with van der Waals surface area (Å²) < 4.78 is 18.2. The zero-order valence-electron chi connectivity index (χ0n) is 20.8. The fourth-order valence-corrected chi connectivity index (χ4v) is 5.09. The molecule has 4 rings (SSSR count). The molecule has 1 atom stereocenters. The highest BCUT2D eigenvalue weighted by molar-refractivity contribution is 7.07. The topological polar surface area (TPSA) is 99.4 Å². The minimum atomic E-state index is -0.704. The first-order valence-corrected chi connectivity index (χ1v) is 12.4. The number of nitrogens with zero attached hydrogens (tertiary/aromatic N) is 2. The molecule has 0 bridgehead atoms. The van der Waals surface area contributed by atoms with Crippen LogP contribution in [0.4, 0.5) is 0 Å². The van der Waals surface area contributed by atoms with Gasteiger partial charge in [-0.2, -0.15) is 0 Å². The van der Waals surface area contributed by atoms with Gasteiger partial charge in [0, 0.05) is 0 Å². The number of allylic oxidation sites excluding steroid dienone is 1. The van der Waals surface area contributed by atoms with E-state index in [0.29, 0.717) is 37.7 Å². The van der Waals surface area contributed by atoms with Crippen LogP contribution in [0.15, 0.2) is 63.5 Å². The molecule has 0 unspecified atom stereocenters. The Labute approximate surface area is 212 Å². The number of carbonyl (C=O) groups is 1. The van der Waals surface area contributed by atoms with Gasteiger partial charge in [0.1, 0.15) is 5.75 Å². The lowest BCUT2D eigenvalue weighted by atomic mass is 9.96. The van der Waals surface area contributed by atoms with E-state index in [1.165, 1.54) is 29.1 Å². The van der Waals surface area contributed by atoms with Crippen LogP contribution in [0.3, 0.4) is 0 Å². The number of benzene rings is 2. The van der Waals surface area contributed by atoms with E-state index in [2.05, 4.69) is 4.99 Å². The van der Waals surface area contributed by atoms with Crippen LogP contribution in [0.2, 0.25) is 0 Å². The van der Waals surface area contributed by atoms with Crippen LogP contribution in [0, 0.1) is 0 Å². The minimum absolute atomic E-state index is 0.00991. The molecule has 0 saturated carbocycles. The second kappa shape index (κ2) is 10.4. The van der Waals surface area contributed by atoms with E-state index in [4.69, 9.17) is 14.2 Å². The van der Waals surface area contributed by atoms with Gasteiger partial charge in [-0.05, 0) is 69.2 Å². The van der Waals surface area contributed by atoms with E-state index in [1.807, 2.05) is 38.1 Å². The Kier molecular flexibility index (Phi) is 7.30. The highest BCUT2D eigenvalue weighted by atomic mass is 32.1. The van der Waals surface area contributed by atoms with Gasteiger partial charge in [-0.15, -0.1) is 0 Å². The highest BCUT2D eigenvalue weighted by Gasteiger charge is 2.33. The van der Waals surface area contributed by atoms with Crippen molar-refractivity contribution < 1.29 is 24.1 Å². The number of thiazole rings is 1. The molecule has 1 aromatic heterocycles. The number of aromatic hydroxyl groups is 1. The molecule has 2 heterocycles. The number of aromatic nitrogens is 1. The van der Waals surface area contributed by atoms with Crippen LogP contribution in [0.1, 0.15) is 44.9 Å². The quantitative estimate of drug-likeness (QED) is 0.492. The molecule has 1 aliphatic heterocycles. The summed E-state index contributed by atoms with van der Waals surface area (Å²) in [6.45, 7) is 7.58. The number of rotatable bonds is 7. The molecule has 0 amide bonds. The van der Waals surface area contributed by atoms with Gasteiger partial charge in [0.05, 0.1) is 41.7 Å². The summed E-state index contributed by atoms with van der Waals surface area (Å²) in [6, 6.07) is 11.5. The van der Waals surface area contributed by atoms with E-state index < -0.39 is 12.0 Å². The number of esters is 1. The third-order valence-electron chi connectivity index (χ3n) is 5.59. The number of methoxy groups -OCH3 is 1. The largest absolute Gasteiger partial charge is 0.504 e. The summed E-state index contributed by atoms with van der Waals surface area (Å²) in [5, 5.41) is 9.90. The molecule has 188 valence electrons. The van der Waals surface area contributed by atoms with Crippen molar-refractivity contribution in [3.05, 3.63) is 84.5 Å². The summed E-state index contributed by atoms with van der Waals surface area (Å²) in [6.07, 6.45) is 1.73. The Morgan fingerprint density at radius 1 is 1.22 bits per heavy atom. The molecule has 1 aliphatic rings. The van der Waals surface area contributed by atoms with Crippen LogP contribution in [0.25, 0.3) is 6.08 Å². The monoisotopic (exact) mass is 508 g/mol. The number of phenols is 1. The number of fused-ring (bicyclic) bond motifs is 1. The van der Waals surface area contributed by atoms with Crippen LogP contribution < -0.4 is 24.4 Å². The maximum Gasteiger partial charge on any atom is 0.338 e. The molecular formula is C27H28N2O6S. The van der Waals surface area contributed by atoms with Crippen molar-refractivity contribution in [2.75, 3.05) is 13.7 Å². The highest BCUT2D eigenvalue weighted by Crippen LogP contribution is 2.32. The van der Waals surface area contributed by atoms with Crippen LogP contribution in [-0.4, -0.2) is 35.5 Å². The Morgan fingerprint density at radius 3 is 2.58 bits per heavy atom. The fraction of sp³-hybridized carbons (Fsp3) is 0.296. The molecule has 9 heteroatoms. The van der Waals surface area contributed by atoms with Crippen LogP contribution in [0.5, 0.6) is 17.2 Å². The van der Waals surface area contributed by atoms with Crippen molar-refractivity contribution >= 4 is 23.4 Å². The summed E-state index contributed by atoms with van der Waals surface area (Å²) in [7, 11) is 1.46. The third-order valence-corrected chi connectivity index (χ3v) is 6.57. The Bertz CT molecular complexity index is 1500. The zero-order valence-corrected chi connectivity index (χ0v) is 21.6. The molecule has 0 spiro atoms. The van der Waals surface area contributed by atoms with E-state index in [9.17, 15) is 14.7 Å². The summed E-state index contributed by atoms with van der Waals surface area (Å²) >= 11 is 1.23. The molecule has 3 aromatic rings. The first-order valence-electron chi connectivity index (χ1n) is 11.6. The number of phenolic OH excluding ortho intramolecular Hbond substituents is 1. The van der Waals surface area contributed by atoms with E-state index in [1.54, 1.807) is 32.1 Å². The summed E-state index contributed by atoms with van der Waals surface area (Å²) in [5.41, 5.74) is 1.96. The fourth-order valence-electron chi connectivity index (χ4n) is 4.04. The lowest BCUT2D eigenvalue weighted by Crippen LogP contribution is -2.39. The lowest BCUT2D eigenvalue weighted by Gasteiger charge is -2.25. The predicted octanol–water partition coefficient (Wildman–Crippen LogP) is 3.30. The molecule has 0 radical (unpaired) electrons. The molecule has 0 aliphatic carbocycles. The lowest BCUT2D eigenvalue weighted by molar-refractivity contribution is -0.139. The first kappa shape index (κ1) is 25.2. The van der Waals surface area contributed by atoms with Crippen LogP contribution in [-0.2, 0) is 9.53 Å². The van der Waals surface area contributed by atoms with Gasteiger partial charge < -0.3 is 19.3 Å². The molecule has 0 saturated heterocycles. The van der Waals surface area contributed by atoms with Gasteiger partial charge in [0.2, 0.25) is 0 Å². The Morgan fingerprint density at radius 2 is 1.94 bits per heavy atom. The average Bonchev–Trinajstić information content (AvgIpc) is 3.14. The maximum absolute atomic E-state index is 13.7. The maximum atomic E-state index is 13.7. The molecule has 1 N–H and O–H groups in total. The second-order valence-electron chi connectivity index (χ2n) is 8.47. The molecular weight excluding hydrogens is 480 g/mol. The Balaban J connectivity index is 1.89. The van der Waals surface area contributed by atoms with Gasteiger partial charge in [-0.1, -0.05) is 29.5 Å². The molecule has 8 nitrogen and oxygen atoms in total.